The smallest absolute Gasteiger partial charge is 0.0769 e. The van der Waals surface area contributed by atoms with Crippen LogP contribution in [0.25, 0.3) is 10.9 Å². The van der Waals surface area contributed by atoms with Gasteiger partial charge in [0.05, 0.1) is 23.1 Å². The van der Waals surface area contributed by atoms with E-state index in [4.69, 9.17) is 0 Å². The molecule has 0 saturated carbocycles. The van der Waals surface area contributed by atoms with Gasteiger partial charge in [-0.1, -0.05) is 25.1 Å². The molecule has 2 aromatic rings. The van der Waals surface area contributed by atoms with Crippen molar-refractivity contribution in [1.82, 2.24) is 4.98 Å². The van der Waals surface area contributed by atoms with Crippen molar-refractivity contribution >= 4 is 22.3 Å². The van der Waals surface area contributed by atoms with Crippen molar-refractivity contribution in [2.45, 2.75) is 6.92 Å². The zero-order valence-corrected chi connectivity index (χ0v) is 9.33. The van der Waals surface area contributed by atoms with Crippen LogP contribution in [-0.4, -0.2) is 18.1 Å². The summed E-state index contributed by atoms with van der Waals surface area (Å²) in [7, 11) is 0. The molecule has 2 N–H and O–H groups in total. The third kappa shape index (κ3) is 1.48. The van der Waals surface area contributed by atoms with Crippen molar-refractivity contribution in [2.75, 3.05) is 23.7 Å². The third-order valence-corrected chi connectivity index (χ3v) is 3.04. The van der Waals surface area contributed by atoms with Crippen LogP contribution in [0, 0.1) is 5.92 Å². The van der Waals surface area contributed by atoms with Gasteiger partial charge in [-0.2, -0.15) is 0 Å². The summed E-state index contributed by atoms with van der Waals surface area (Å²) in [5.74, 6) is 0.631. The van der Waals surface area contributed by atoms with Crippen molar-refractivity contribution in [2.24, 2.45) is 5.92 Å². The molecule has 3 rings (SSSR count). The van der Waals surface area contributed by atoms with Crippen LogP contribution >= 0.6 is 0 Å². The number of hydrogen-bond donors (Lipinski definition) is 2. The lowest BCUT2D eigenvalue weighted by atomic mass is 10.1. The van der Waals surface area contributed by atoms with Crippen LogP contribution in [0.3, 0.4) is 0 Å². The zero-order valence-electron chi connectivity index (χ0n) is 9.33. The molecule has 3 nitrogen and oxygen atoms in total. The fourth-order valence-electron chi connectivity index (χ4n) is 2.10. The molecule has 1 aliphatic rings. The molecule has 1 unspecified atom stereocenters. The Labute approximate surface area is 94.9 Å². The number of rotatable bonds is 0. The standard InChI is InChI=1S/C13H15N3/c1-9-6-14-12-8-15-11-5-3-2-4-10(11)13(12)16-7-9/h2-5,8-9,14,16H,6-7H2,1H3. The van der Waals surface area contributed by atoms with Crippen LogP contribution < -0.4 is 10.6 Å². The van der Waals surface area contributed by atoms with Gasteiger partial charge in [0.1, 0.15) is 0 Å². The normalized spacial score (nSPS) is 19.4. The third-order valence-electron chi connectivity index (χ3n) is 3.04. The molecule has 1 aliphatic heterocycles. The summed E-state index contributed by atoms with van der Waals surface area (Å²) in [6, 6.07) is 8.24. The van der Waals surface area contributed by atoms with E-state index in [1.807, 2.05) is 18.3 Å². The number of benzene rings is 1. The highest BCUT2D eigenvalue weighted by atomic mass is 15.0. The monoisotopic (exact) mass is 213 g/mol. The number of anilines is 2. The van der Waals surface area contributed by atoms with Crippen LogP contribution in [0.2, 0.25) is 0 Å². The molecule has 0 fully saturated rings. The van der Waals surface area contributed by atoms with Crippen molar-refractivity contribution < 1.29 is 0 Å². The predicted octanol–water partition coefficient (Wildman–Crippen LogP) is 2.71. The lowest BCUT2D eigenvalue weighted by Crippen LogP contribution is -2.14. The number of para-hydroxylation sites is 1. The second kappa shape index (κ2) is 3.67. The largest absolute Gasteiger partial charge is 0.382 e. The summed E-state index contributed by atoms with van der Waals surface area (Å²) in [5, 5.41) is 8.15. The summed E-state index contributed by atoms with van der Waals surface area (Å²) in [5.41, 5.74) is 3.35. The molecule has 1 aromatic carbocycles. The summed E-state index contributed by atoms with van der Waals surface area (Å²) >= 11 is 0. The Morgan fingerprint density at radius 1 is 1.19 bits per heavy atom. The highest BCUT2D eigenvalue weighted by molar-refractivity contribution is 5.97. The molecule has 0 spiro atoms. The van der Waals surface area contributed by atoms with Gasteiger partial charge >= 0.3 is 0 Å². The van der Waals surface area contributed by atoms with E-state index in [1.165, 1.54) is 11.1 Å². The second-order valence-corrected chi connectivity index (χ2v) is 4.43. The van der Waals surface area contributed by atoms with E-state index in [2.05, 4.69) is 34.7 Å². The molecule has 82 valence electrons. The molecule has 0 aliphatic carbocycles. The van der Waals surface area contributed by atoms with Crippen molar-refractivity contribution in [3.8, 4) is 0 Å². The maximum atomic E-state index is 4.46. The van der Waals surface area contributed by atoms with Crippen LogP contribution in [-0.2, 0) is 0 Å². The molecule has 3 heteroatoms. The van der Waals surface area contributed by atoms with Gasteiger partial charge in [-0.25, -0.2) is 0 Å². The SMILES string of the molecule is CC1CNc2cnc3ccccc3c2NC1. The predicted molar refractivity (Wildman–Crippen MR) is 67.9 cm³/mol. The maximum Gasteiger partial charge on any atom is 0.0769 e. The van der Waals surface area contributed by atoms with Gasteiger partial charge in [0, 0.05) is 18.5 Å². The average Bonchev–Trinajstić information content (AvgIpc) is 2.52. The molecule has 0 radical (unpaired) electrons. The molecular weight excluding hydrogens is 198 g/mol. The van der Waals surface area contributed by atoms with Gasteiger partial charge in [-0.15, -0.1) is 0 Å². The van der Waals surface area contributed by atoms with E-state index in [0.717, 1.165) is 24.3 Å². The Balaban J connectivity index is 2.19. The minimum atomic E-state index is 0.631. The number of aromatic nitrogens is 1. The zero-order chi connectivity index (χ0) is 11.0. The first-order valence-corrected chi connectivity index (χ1v) is 5.70. The first-order valence-electron chi connectivity index (χ1n) is 5.70. The molecule has 0 saturated heterocycles. The summed E-state index contributed by atoms with van der Waals surface area (Å²) in [6.07, 6.45) is 1.92. The molecule has 0 amide bonds. The van der Waals surface area contributed by atoms with Crippen molar-refractivity contribution in [3.05, 3.63) is 30.5 Å². The van der Waals surface area contributed by atoms with Gasteiger partial charge < -0.3 is 10.6 Å². The van der Waals surface area contributed by atoms with Crippen molar-refractivity contribution in [3.63, 3.8) is 0 Å². The van der Waals surface area contributed by atoms with Gasteiger partial charge in [0.2, 0.25) is 0 Å². The van der Waals surface area contributed by atoms with Crippen molar-refractivity contribution in [1.29, 1.82) is 0 Å². The Morgan fingerprint density at radius 2 is 2.00 bits per heavy atom. The number of nitrogens with zero attached hydrogens (tertiary/aromatic N) is 1. The Bertz CT molecular complexity index is 522. The topological polar surface area (TPSA) is 37.0 Å². The quantitative estimate of drug-likeness (QED) is 0.706. The van der Waals surface area contributed by atoms with Crippen LogP contribution in [0.1, 0.15) is 6.92 Å². The number of hydrogen-bond acceptors (Lipinski definition) is 3. The first kappa shape index (κ1) is 9.46. The molecule has 0 bridgehead atoms. The number of nitrogens with one attached hydrogen (secondary N) is 2. The minimum Gasteiger partial charge on any atom is -0.382 e. The van der Waals surface area contributed by atoms with Gasteiger partial charge in [0.25, 0.3) is 0 Å². The van der Waals surface area contributed by atoms with Gasteiger partial charge in [0.15, 0.2) is 0 Å². The van der Waals surface area contributed by atoms with E-state index in [9.17, 15) is 0 Å². The Hall–Kier alpha value is -1.77. The van der Waals surface area contributed by atoms with E-state index in [1.54, 1.807) is 0 Å². The molecule has 1 atom stereocenters. The highest BCUT2D eigenvalue weighted by Crippen LogP contribution is 2.31. The molecule has 2 heterocycles. The molecule has 16 heavy (non-hydrogen) atoms. The summed E-state index contributed by atoms with van der Waals surface area (Å²) < 4.78 is 0. The fourth-order valence-corrected chi connectivity index (χ4v) is 2.10. The highest BCUT2D eigenvalue weighted by Gasteiger charge is 2.14. The second-order valence-electron chi connectivity index (χ2n) is 4.43. The lowest BCUT2D eigenvalue weighted by molar-refractivity contribution is 0.657. The Morgan fingerprint density at radius 3 is 2.94 bits per heavy atom. The van der Waals surface area contributed by atoms with E-state index >= 15 is 0 Å². The molecular formula is C13H15N3. The maximum absolute atomic E-state index is 4.46. The number of fused-ring (bicyclic) bond motifs is 3. The average molecular weight is 213 g/mol. The van der Waals surface area contributed by atoms with Gasteiger partial charge in [-0.05, 0) is 12.0 Å². The van der Waals surface area contributed by atoms with E-state index in [0.29, 0.717) is 5.92 Å². The summed E-state index contributed by atoms with van der Waals surface area (Å²) in [6.45, 7) is 4.25. The van der Waals surface area contributed by atoms with Crippen LogP contribution in [0.5, 0.6) is 0 Å². The van der Waals surface area contributed by atoms with E-state index in [-0.39, 0.29) is 0 Å². The lowest BCUT2D eigenvalue weighted by Gasteiger charge is -2.10. The Kier molecular flexibility index (Phi) is 2.17. The molecule has 1 aromatic heterocycles. The summed E-state index contributed by atoms with van der Waals surface area (Å²) in [4.78, 5) is 4.46. The van der Waals surface area contributed by atoms with E-state index < -0.39 is 0 Å². The van der Waals surface area contributed by atoms with Crippen LogP contribution in [0.4, 0.5) is 11.4 Å². The fraction of sp³-hybridized carbons (Fsp3) is 0.308. The first-order chi connectivity index (χ1) is 7.84. The van der Waals surface area contributed by atoms with Gasteiger partial charge in [-0.3, -0.25) is 4.98 Å². The minimum absolute atomic E-state index is 0.631. The number of pyridine rings is 1. The van der Waals surface area contributed by atoms with Crippen LogP contribution in [0.15, 0.2) is 30.5 Å².